The largest absolute Gasteiger partial charge is 0.340 e. The highest BCUT2D eigenvalue weighted by Gasteiger charge is 2.29. The predicted molar refractivity (Wildman–Crippen MR) is 64.0 cm³/mol. The molecule has 0 atom stereocenters. The molecule has 5 nitrogen and oxygen atoms in total. The molecule has 1 aromatic rings. The van der Waals surface area contributed by atoms with E-state index >= 15 is 0 Å². The van der Waals surface area contributed by atoms with Gasteiger partial charge in [-0.2, -0.15) is 0 Å². The second-order valence-electron chi connectivity index (χ2n) is 3.99. The van der Waals surface area contributed by atoms with Crippen molar-refractivity contribution in [3.05, 3.63) is 32.8 Å². The summed E-state index contributed by atoms with van der Waals surface area (Å²) in [5.41, 5.74) is 7.35. The number of azide groups is 1. The number of carbonyl (C=O) groups is 1. The second kappa shape index (κ2) is 5.01. The molecule has 1 amide bonds. The van der Waals surface area contributed by atoms with E-state index in [0.717, 1.165) is 4.88 Å². The van der Waals surface area contributed by atoms with Gasteiger partial charge in [-0.15, -0.1) is 11.3 Å². The molecule has 1 heterocycles. The summed E-state index contributed by atoms with van der Waals surface area (Å²) in [4.78, 5) is 17.3. The molecule has 0 aliphatic heterocycles. The Morgan fingerprint density at radius 1 is 1.69 bits per heavy atom. The molecule has 1 rings (SSSR count). The lowest BCUT2D eigenvalue weighted by Gasteiger charge is -2.24. The van der Waals surface area contributed by atoms with Gasteiger partial charge in [0, 0.05) is 16.8 Å². The maximum absolute atomic E-state index is 11.9. The van der Waals surface area contributed by atoms with Crippen molar-refractivity contribution in [2.24, 2.45) is 5.11 Å². The first-order valence-electron chi connectivity index (χ1n) is 4.81. The van der Waals surface area contributed by atoms with Gasteiger partial charge in [-0.3, -0.25) is 4.79 Å². The van der Waals surface area contributed by atoms with E-state index in [9.17, 15) is 4.79 Å². The number of hydrogen-bond donors (Lipinski definition) is 0. The Bertz CT molecular complexity index is 406. The molecular weight excluding hydrogens is 224 g/mol. The maximum Gasteiger partial charge on any atom is 0.234 e. The number of amides is 1. The van der Waals surface area contributed by atoms with E-state index in [2.05, 4.69) is 10.0 Å². The van der Waals surface area contributed by atoms with Gasteiger partial charge < -0.3 is 4.90 Å². The first-order valence-corrected chi connectivity index (χ1v) is 5.69. The van der Waals surface area contributed by atoms with Crippen LogP contribution in [0.5, 0.6) is 0 Å². The lowest BCUT2D eigenvalue weighted by molar-refractivity contribution is -0.134. The van der Waals surface area contributed by atoms with Gasteiger partial charge in [0.2, 0.25) is 5.91 Å². The van der Waals surface area contributed by atoms with Gasteiger partial charge in [-0.05, 0) is 30.8 Å². The third-order valence-corrected chi connectivity index (χ3v) is 3.00. The Balaban J connectivity index is 2.71. The minimum atomic E-state index is -1.03. The van der Waals surface area contributed by atoms with Crippen LogP contribution in [0.2, 0.25) is 0 Å². The van der Waals surface area contributed by atoms with Gasteiger partial charge in [-0.1, -0.05) is 11.2 Å². The van der Waals surface area contributed by atoms with Gasteiger partial charge in [0.15, 0.2) is 0 Å². The van der Waals surface area contributed by atoms with E-state index in [0.29, 0.717) is 6.54 Å². The Labute approximate surface area is 98.3 Å². The van der Waals surface area contributed by atoms with Crippen molar-refractivity contribution >= 4 is 17.2 Å². The second-order valence-corrected chi connectivity index (χ2v) is 5.02. The Morgan fingerprint density at radius 3 is 2.88 bits per heavy atom. The summed E-state index contributed by atoms with van der Waals surface area (Å²) in [6, 6.07) is 3.91. The Hall–Kier alpha value is -1.52. The molecular formula is C10H14N4OS. The summed E-state index contributed by atoms with van der Waals surface area (Å²) >= 11 is 1.60. The smallest absolute Gasteiger partial charge is 0.234 e. The summed E-state index contributed by atoms with van der Waals surface area (Å²) < 4.78 is 0. The van der Waals surface area contributed by atoms with Crippen LogP contribution in [0.4, 0.5) is 0 Å². The Morgan fingerprint density at radius 2 is 2.38 bits per heavy atom. The fourth-order valence-corrected chi connectivity index (χ4v) is 2.09. The van der Waals surface area contributed by atoms with Crippen LogP contribution in [0.15, 0.2) is 22.6 Å². The average Bonchev–Trinajstić information content (AvgIpc) is 2.69. The fourth-order valence-electron chi connectivity index (χ4n) is 1.33. The minimum Gasteiger partial charge on any atom is -0.340 e. The van der Waals surface area contributed by atoms with E-state index in [1.807, 2.05) is 17.5 Å². The monoisotopic (exact) mass is 238 g/mol. The summed E-state index contributed by atoms with van der Waals surface area (Å²) in [6.07, 6.45) is 0. The summed E-state index contributed by atoms with van der Waals surface area (Å²) in [7, 11) is 1.71. The molecule has 1 aromatic heterocycles. The SMILES string of the molecule is CN(Cc1cccs1)C(=O)C(C)(C)N=[N+]=[N-]. The first kappa shape index (κ1) is 12.5. The van der Waals surface area contributed by atoms with Crippen LogP contribution >= 0.6 is 11.3 Å². The lowest BCUT2D eigenvalue weighted by Crippen LogP contribution is -2.41. The van der Waals surface area contributed by atoms with E-state index < -0.39 is 5.54 Å². The molecule has 0 fully saturated rings. The predicted octanol–water partition coefficient (Wildman–Crippen LogP) is 2.80. The van der Waals surface area contributed by atoms with Crippen LogP contribution in [0.25, 0.3) is 10.4 Å². The van der Waals surface area contributed by atoms with E-state index in [-0.39, 0.29) is 5.91 Å². The highest BCUT2D eigenvalue weighted by Crippen LogP contribution is 2.16. The minimum absolute atomic E-state index is 0.182. The van der Waals surface area contributed by atoms with E-state index in [1.54, 1.807) is 37.1 Å². The van der Waals surface area contributed by atoms with Crippen LogP contribution in [0.1, 0.15) is 18.7 Å². The van der Waals surface area contributed by atoms with Gasteiger partial charge in [0.05, 0.1) is 6.54 Å². The number of thiophene rings is 1. The normalized spacial score (nSPS) is 10.7. The van der Waals surface area contributed by atoms with Gasteiger partial charge in [-0.25, -0.2) is 0 Å². The average molecular weight is 238 g/mol. The zero-order valence-corrected chi connectivity index (χ0v) is 10.4. The summed E-state index contributed by atoms with van der Waals surface area (Å²) in [5, 5.41) is 5.46. The number of hydrogen-bond acceptors (Lipinski definition) is 3. The first-order chi connectivity index (χ1) is 7.47. The van der Waals surface area contributed by atoms with Gasteiger partial charge in [0.1, 0.15) is 5.54 Å². The molecule has 0 aliphatic rings. The fraction of sp³-hybridized carbons (Fsp3) is 0.500. The molecule has 0 N–H and O–H groups in total. The number of nitrogens with zero attached hydrogens (tertiary/aromatic N) is 4. The molecule has 0 aliphatic carbocycles. The molecule has 0 aromatic carbocycles. The molecule has 0 bridgehead atoms. The van der Waals surface area contributed by atoms with Crippen LogP contribution in [-0.2, 0) is 11.3 Å². The standard InChI is InChI=1S/C10H14N4OS/c1-10(2,12-13-11)9(15)14(3)7-8-5-4-6-16-8/h4-6H,7H2,1-3H3. The third kappa shape index (κ3) is 2.98. The van der Waals surface area contributed by atoms with Crippen LogP contribution in [-0.4, -0.2) is 23.4 Å². The van der Waals surface area contributed by atoms with Gasteiger partial charge >= 0.3 is 0 Å². The molecule has 86 valence electrons. The highest BCUT2D eigenvalue weighted by molar-refractivity contribution is 7.09. The van der Waals surface area contributed by atoms with E-state index in [1.165, 1.54) is 0 Å². The molecule has 6 heteroatoms. The van der Waals surface area contributed by atoms with Crippen molar-refractivity contribution in [1.29, 1.82) is 0 Å². The molecule has 0 saturated heterocycles. The highest BCUT2D eigenvalue weighted by atomic mass is 32.1. The topological polar surface area (TPSA) is 69.1 Å². The van der Waals surface area contributed by atoms with Crippen molar-refractivity contribution in [2.75, 3.05) is 7.05 Å². The third-order valence-electron chi connectivity index (χ3n) is 2.14. The van der Waals surface area contributed by atoms with Crippen LogP contribution in [0.3, 0.4) is 0 Å². The zero-order chi connectivity index (χ0) is 12.2. The molecule has 0 saturated carbocycles. The van der Waals surface area contributed by atoms with Crippen molar-refractivity contribution in [2.45, 2.75) is 25.9 Å². The van der Waals surface area contributed by atoms with Crippen molar-refractivity contribution in [1.82, 2.24) is 4.90 Å². The lowest BCUT2D eigenvalue weighted by atomic mass is 10.1. The number of carbonyl (C=O) groups excluding carboxylic acids is 1. The summed E-state index contributed by atoms with van der Waals surface area (Å²) in [5.74, 6) is -0.182. The van der Waals surface area contributed by atoms with Crippen molar-refractivity contribution in [3.63, 3.8) is 0 Å². The quantitative estimate of drug-likeness (QED) is 0.451. The summed E-state index contributed by atoms with van der Waals surface area (Å²) in [6.45, 7) is 3.76. The zero-order valence-electron chi connectivity index (χ0n) is 9.54. The number of likely N-dealkylation sites (N-methyl/N-ethyl adjacent to an activating group) is 1. The van der Waals surface area contributed by atoms with Crippen molar-refractivity contribution in [3.8, 4) is 0 Å². The van der Waals surface area contributed by atoms with E-state index in [4.69, 9.17) is 5.53 Å². The Kier molecular flexibility index (Phi) is 3.93. The maximum atomic E-state index is 11.9. The van der Waals surface area contributed by atoms with Crippen LogP contribution < -0.4 is 0 Å². The number of rotatable bonds is 4. The van der Waals surface area contributed by atoms with Crippen LogP contribution in [0, 0.1) is 0 Å². The molecule has 16 heavy (non-hydrogen) atoms. The molecule has 0 unspecified atom stereocenters. The van der Waals surface area contributed by atoms with Gasteiger partial charge in [0.25, 0.3) is 0 Å². The van der Waals surface area contributed by atoms with Crippen molar-refractivity contribution < 1.29 is 4.79 Å². The molecule has 0 spiro atoms. The molecule has 0 radical (unpaired) electrons.